The highest BCUT2D eigenvalue weighted by Crippen LogP contribution is 2.31. The molecule has 0 saturated carbocycles. The van der Waals surface area contributed by atoms with Crippen LogP contribution in [0.5, 0.6) is 11.5 Å². The summed E-state index contributed by atoms with van der Waals surface area (Å²) in [5.41, 5.74) is 2.05. The number of pyridine rings is 1. The Morgan fingerprint density at radius 1 is 1.12 bits per heavy atom. The molecule has 128 valence electrons. The Morgan fingerprint density at radius 2 is 1.88 bits per heavy atom. The summed E-state index contributed by atoms with van der Waals surface area (Å²) in [6.45, 7) is 4.00. The van der Waals surface area contributed by atoms with Crippen LogP contribution in [0.1, 0.15) is 30.6 Å². The quantitative estimate of drug-likeness (QED) is 0.815. The number of nitrogens with zero attached hydrogens (tertiary/aromatic N) is 1. The number of amides is 1. The molecule has 1 aromatic carbocycles. The molecule has 0 saturated heterocycles. The van der Waals surface area contributed by atoms with Gasteiger partial charge in [0.25, 0.3) is 5.91 Å². The SMILES string of the molecule is CCC(C)NC(=O)c1cncc(Nc2ccc(OC)c(OC)c2)c1. The van der Waals surface area contributed by atoms with E-state index in [1.807, 2.05) is 32.0 Å². The summed E-state index contributed by atoms with van der Waals surface area (Å²) in [7, 11) is 3.18. The maximum Gasteiger partial charge on any atom is 0.253 e. The van der Waals surface area contributed by atoms with Gasteiger partial charge in [0, 0.05) is 24.0 Å². The van der Waals surface area contributed by atoms with E-state index in [0.29, 0.717) is 17.1 Å². The number of nitrogens with one attached hydrogen (secondary N) is 2. The zero-order valence-corrected chi connectivity index (χ0v) is 14.4. The first-order valence-corrected chi connectivity index (χ1v) is 7.82. The molecule has 0 aliphatic carbocycles. The third kappa shape index (κ3) is 4.38. The van der Waals surface area contributed by atoms with Crippen LogP contribution < -0.4 is 20.1 Å². The van der Waals surface area contributed by atoms with Gasteiger partial charge < -0.3 is 20.1 Å². The van der Waals surface area contributed by atoms with Crippen LogP contribution in [0, 0.1) is 0 Å². The van der Waals surface area contributed by atoms with E-state index in [9.17, 15) is 4.79 Å². The number of methoxy groups -OCH3 is 2. The normalized spacial score (nSPS) is 11.5. The molecule has 0 bridgehead atoms. The highest BCUT2D eigenvalue weighted by molar-refractivity contribution is 5.95. The number of anilines is 2. The molecule has 0 aliphatic rings. The van der Waals surface area contributed by atoms with Crippen LogP contribution in [0.15, 0.2) is 36.7 Å². The number of rotatable bonds is 7. The molecule has 24 heavy (non-hydrogen) atoms. The molecule has 1 unspecified atom stereocenters. The van der Waals surface area contributed by atoms with Crippen molar-refractivity contribution in [2.24, 2.45) is 0 Å². The van der Waals surface area contributed by atoms with Crippen molar-refractivity contribution in [1.29, 1.82) is 0 Å². The van der Waals surface area contributed by atoms with Gasteiger partial charge in [-0.3, -0.25) is 9.78 Å². The van der Waals surface area contributed by atoms with Gasteiger partial charge in [-0.05, 0) is 31.5 Å². The van der Waals surface area contributed by atoms with Crippen molar-refractivity contribution in [3.8, 4) is 11.5 Å². The first-order valence-electron chi connectivity index (χ1n) is 7.82. The van der Waals surface area contributed by atoms with Crippen molar-refractivity contribution >= 4 is 17.3 Å². The summed E-state index contributed by atoms with van der Waals surface area (Å²) in [5, 5.41) is 6.14. The van der Waals surface area contributed by atoms with E-state index in [1.54, 1.807) is 32.7 Å². The molecule has 1 atom stereocenters. The Labute approximate surface area is 142 Å². The number of aromatic nitrogens is 1. The molecular weight excluding hydrogens is 306 g/mol. The fourth-order valence-corrected chi connectivity index (χ4v) is 2.12. The molecule has 6 heteroatoms. The summed E-state index contributed by atoms with van der Waals surface area (Å²) in [6.07, 6.45) is 4.09. The largest absolute Gasteiger partial charge is 0.493 e. The van der Waals surface area contributed by atoms with E-state index in [1.165, 1.54) is 0 Å². The maximum absolute atomic E-state index is 12.2. The van der Waals surface area contributed by atoms with Crippen molar-refractivity contribution in [1.82, 2.24) is 10.3 Å². The minimum absolute atomic E-state index is 0.125. The number of hydrogen-bond donors (Lipinski definition) is 2. The van der Waals surface area contributed by atoms with Gasteiger partial charge in [-0.1, -0.05) is 6.92 Å². The van der Waals surface area contributed by atoms with Gasteiger partial charge >= 0.3 is 0 Å². The van der Waals surface area contributed by atoms with E-state index in [-0.39, 0.29) is 11.9 Å². The lowest BCUT2D eigenvalue weighted by atomic mass is 10.2. The Balaban J connectivity index is 2.16. The second-order valence-corrected chi connectivity index (χ2v) is 5.44. The smallest absolute Gasteiger partial charge is 0.253 e. The zero-order chi connectivity index (χ0) is 17.5. The lowest BCUT2D eigenvalue weighted by molar-refractivity contribution is 0.0939. The average Bonchev–Trinajstić information content (AvgIpc) is 2.61. The molecule has 6 nitrogen and oxygen atoms in total. The predicted octanol–water partition coefficient (Wildman–Crippen LogP) is 3.37. The lowest BCUT2D eigenvalue weighted by Gasteiger charge is -2.13. The number of carbonyl (C=O) groups excluding carboxylic acids is 1. The molecular formula is C18H23N3O3. The van der Waals surface area contributed by atoms with Crippen molar-refractivity contribution in [3.05, 3.63) is 42.2 Å². The zero-order valence-electron chi connectivity index (χ0n) is 14.4. The molecule has 0 radical (unpaired) electrons. The van der Waals surface area contributed by atoms with Crippen molar-refractivity contribution in [2.45, 2.75) is 26.3 Å². The minimum Gasteiger partial charge on any atom is -0.493 e. The highest BCUT2D eigenvalue weighted by Gasteiger charge is 2.10. The van der Waals surface area contributed by atoms with Crippen molar-refractivity contribution in [2.75, 3.05) is 19.5 Å². The second-order valence-electron chi connectivity index (χ2n) is 5.44. The molecule has 2 rings (SSSR count). The van der Waals surface area contributed by atoms with E-state index in [4.69, 9.17) is 9.47 Å². The van der Waals surface area contributed by atoms with Gasteiger partial charge in [-0.25, -0.2) is 0 Å². The standard InChI is InChI=1S/C18H23N3O3/c1-5-12(2)20-18(22)13-8-15(11-19-10-13)21-14-6-7-16(23-3)17(9-14)24-4/h6-12,21H,5H2,1-4H3,(H,20,22). The Hall–Kier alpha value is -2.76. The number of benzene rings is 1. The minimum atomic E-state index is -0.132. The summed E-state index contributed by atoms with van der Waals surface area (Å²) >= 11 is 0. The third-order valence-corrected chi connectivity index (χ3v) is 3.66. The average molecular weight is 329 g/mol. The van der Waals surface area contributed by atoms with Crippen LogP contribution >= 0.6 is 0 Å². The monoisotopic (exact) mass is 329 g/mol. The van der Waals surface area contributed by atoms with Crippen LogP contribution in [0.2, 0.25) is 0 Å². The Morgan fingerprint density at radius 3 is 2.54 bits per heavy atom. The molecule has 0 fully saturated rings. The Kier molecular flexibility index (Phi) is 6.01. The number of carbonyl (C=O) groups is 1. The van der Waals surface area contributed by atoms with E-state index in [0.717, 1.165) is 17.8 Å². The molecule has 0 aliphatic heterocycles. The van der Waals surface area contributed by atoms with Crippen LogP contribution in [-0.4, -0.2) is 31.2 Å². The van der Waals surface area contributed by atoms with Crippen molar-refractivity contribution in [3.63, 3.8) is 0 Å². The summed E-state index contributed by atoms with van der Waals surface area (Å²) in [4.78, 5) is 16.3. The Bertz CT molecular complexity index is 704. The third-order valence-electron chi connectivity index (χ3n) is 3.66. The van der Waals surface area contributed by atoms with E-state index >= 15 is 0 Å². The summed E-state index contributed by atoms with van der Waals surface area (Å²) in [5.74, 6) is 1.15. The van der Waals surface area contributed by atoms with Gasteiger partial charge in [0.2, 0.25) is 0 Å². The topological polar surface area (TPSA) is 72.5 Å². The van der Waals surface area contributed by atoms with Gasteiger partial charge in [0.05, 0.1) is 31.7 Å². The van der Waals surface area contributed by atoms with E-state index in [2.05, 4.69) is 15.6 Å². The fraction of sp³-hybridized carbons (Fsp3) is 0.333. The molecule has 1 amide bonds. The van der Waals surface area contributed by atoms with Crippen LogP contribution in [0.3, 0.4) is 0 Å². The van der Waals surface area contributed by atoms with Gasteiger partial charge in [-0.2, -0.15) is 0 Å². The van der Waals surface area contributed by atoms with Crippen molar-refractivity contribution < 1.29 is 14.3 Å². The second kappa shape index (κ2) is 8.19. The van der Waals surface area contributed by atoms with Gasteiger partial charge in [0.15, 0.2) is 11.5 Å². The van der Waals surface area contributed by atoms with Gasteiger partial charge in [0.1, 0.15) is 0 Å². The molecule has 0 spiro atoms. The van der Waals surface area contributed by atoms with Crippen LogP contribution in [-0.2, 0) is 0 Å². The molecule has 2 N–H and O–H groups in total. The van der Waals surface area contributed by atoms with Crippen LogP contribution in [0.4, 0.5) is 11.4 Å². The first-order chi connectivity index (χ1) is 11.6. The molecule has 2 aromatic rings. The lowest BCUT2D eigenvalue weighted by Crippen LogP contribution is -2.31. The predicted molar refractivity (Wildman–Crippen MR) is 94.3 cm³/mol. The fourth-order valence-electron chi connectivity index (χ4n) is 2.12. The van der Waals surface area contributed by atoms with E-state index < -0.39 is 0 Å². The van der Waals surface area contributed by atoms with Gasteiger partial charge in [-0.15, -0.1) is 0 Å². The summed E-state index contributed by atoms with van der Waals surface area (Å²) in [6, 6.07) is 7.40. The number of hydrogen-bond acceptors (Lipinski definition) is 5. The molecule has 1 heterocycles. The molecule has 1 aromatic heterocycles. The first kappa shape index (κ1) is 17.6. The summed E-state index contributed by atoms with van der Waals surface area (Å²) < 4.78 is 10.5. The van der Waals surface area contributed by atoms with Crippen LogP contribution in [0.25, 0.3) is 0 Å². The maximum atomic E-state index is 12.2. The number of ether oxygens (including phenoxy) is 2. The highest BCUT2D eigenvalue weighted by atomic mass is 16.5.